The van der Waals surface area contributed by atoms with E-state index in [0.29, 0.717) is 5.82 Å². The highest BCUT2D eigenvalue weighted by Crippen LogP contribution is 2.18. The van der Waals surface area contributed by atoms with Gasteiger partial charge in [0.25, 0.3) is 0 Å². The molecular weight excluding hydrogens is 224 g/mol. The summed E-state index contributed by atoms with van der Waals surface area (Å²) in [4.78, 5) is 13.3. The van der Waals surface area contributed by atoms with E-state index in [1.54, 1.807) is 6.20 Å². The van der Waals surface area contributed by atoms with Gasteiger partial charge < -0.3 is 5.32 Å². The van der Waals surface area contributed by atoms with Crippen molar-refractivity contribution in [3.8, 4) is 11.5 Å². The van der Waals surface area contributed by atoms with Crippen molar-refractivity contribution in [1.29, 1.82) is 0 Å². The van der Waals surface area contributed by atoms with E-state index in [1.807, 2.05) is 39.2 Å². The van der Waals surface area contributed by atoms with E-state index < -0.39 is 0 Å². The lowest BCUT2D eigenvalue weighted by Crippen LogP contribution is -2.15. The van der Waals surface area contributed by atoms with Crippen molar-refractivity contribution in [2.24, 2.45) is 0 Å². The number of aryl methyl sites for hydroxylation is 2. The fraction of sp³-hybridized carbons (Fsp3) is 0.357. The third-order valence-corrected chi connectivity index (χ3v) is 3.06. The smallest absolute Gasteiger partial charge is 0.178 e. The molecule has 0 aliphatic rings. The molecule has 2 aromatic rings. The van der Waals surface area contributed by atoms with Gasteiger partial charge in [0.1, 0.15) is 5.69 Å². The molecule has 0 bridgehead atoms. The molecule has 0 spiro atoms. The van der Waals surface area contributed by atoms with Crippen molar-refractivity contribution in [3.05, 3.63) is 41.3 Å². The molecule has 4 nitrogen and oxygen atoms in total. The predicted octanol–water partition coefficient (Wildman–Crippen LogP) is 2.44. The lowest BCUT2D eigenvalue weighted by molar-refractivity contribution is 0.641. The summed E-state index contributed by atoms with van der Waals surface area (Å²) in [6.45, 7) is 6.13. The number of pyridine rings is 1. The van der Waals surface area contributed by atoms with Gasteiger partial charge in [0, 0.05) is 29.7 Å². The maximum atomic E-state index is 4.54. The molecule has 1 atom stereocenters. The van der Waals surface area contributed by atoms with Gasteiger partial charge >= 0.3 is 0 Å². The molecule has 18 heavy (non-hydrogen) atoms. The van der Waals surface area contributed by atoms with Crippen LogP contribution >= 0.6 is 0 Å². The van der Waals surface area contributed by atoms with Crippen molar-refractivity contribution >= 4 is 0 Å². The first-order valence-corrected chi connectivity index (χ1v) is 6.05. The molecule has 0 radical (unpaired) electrons. The molecule has 0 saturated heterocycles. The summed E-state index contributed by atoms with van der Waals surface area (Å²) in [5.74, 6) is 0.684. The Morgan fingerprint density at radius 2 is 2.00 bits per heavy atom. The summed E-state index contributed by atoms with van der Waals surface area (Å²) >= 11 is 0. The molecule has 0 aromatic carbocycles. The summed E-state index contributed by atoms with van der Waals surface area (Å²) in [6.07, 6.45) is 3.66. The second kappa shape index (κ2) is 5.23. The van der Waals surface area contributed by atoms with Crippen LogP contribution in [0.1, 0.15) is 29.8 Å². The molecule has 2 heterocycles. The van der Waals surface area contributed by atoms with E-state index in [4.69, 9.17) is 0 Å². The van der Waals surface area contributed by atoms with Crippen LogP contribution in [-0.4, -0.2) is 22.0 Å². The average Bonchev–Trinajstić information content (AvgIpc) is 2.37. The molecule has 0 fully saturated rings. The maximum Gasteiger partial charge on any atom is 0.178 e. The average molecular weight is 242 g/mol. The van der Waals surface area contributed by atoms with Crippen LogP contribution in [0.2, 0.25) is 0 Å². The third kappa shape index (κ3) is 2.54. The monoisotopic (exact) mass is 242 g/mol. The lowest BCUT2D eigenvalue weighted by atomic mass is 10.1. The second-order valence-corrected chi connectivity index (χ2v) is 4.46. The summed E-state index contributed by atoms with van der Waals surface area (Å²) in [5, 5.41) is 3.19. The van der Waals surface area contributed by atoms with E-state index >= 15 is 0 Å². The molecular formula is C14H18N4. The van der Waals surface area contributed by atoms with Gasteiger partial charge in [-0.15, -0.1) is 0 Å². The van der Waals surface area contributed by atoms with Crippen LogP contribution in [0.15, 0.2) is 24.5 Å². The van der Waals surface area contributed by atoms with Crippen molar-refractivity contribution in [2.75, 3.05) is 7.05 Å². The summed E-state index contributed by atoms with van der Waals surface area (Å²) < 4.78 is 0. The molecule has 0 saturated carbocycles. The van der Waals surface area contributed by atoms with Crippen LogP contribution in [0.5, 0.6) is 0 Å². The van der Waals surface area contributed by atoms with E-state index in [1.165, 1.54) is 0 Å². The molecule has 2 aromatic heterocycles. The highest BCUT2D eigenvalue weighted by Gasteiger charge is 2.10. The van der Waals surface area contributed by atoms with Gasteiger partial charge in [-0.2, -0.15) is 0 Å². The van der Waals surface area contributed by atoms with Crippen LogP contribution in [0.4, 0.5) is 0 Å². The van der Waals surface area contributed by atoms with Crippen LogP contribution in [0, 0.1) is 13.8 Å². The van der Waals surface area contributed by atoms with E-state index in [-0.39, 0.29) is 6.04 Å². The molecule has 2 rings (SSSR count). The Kier molecular flexibility index (Phi) is 3.67. The van der Waals surface area contributed by atoms with Crippen molar-refractivity contribution in [2.45, 2.75) is 26.8 Å². The highest BCUT2D eigenvalue weighted by molar-refractivity contribution is 5.50. The Hall–Kier alpha value is -1.81. The molecule has 0 amide bonds. The predicted molar refractivity (Wildman–Crippen MR) is 72.2 cm³/mol. The summed E-state index contributed by atoms with van der Waals surface area (Å²) in [7, 11) is 1.93. The fourth-order valence-electron chi connectivity index (χ4n) is 1.84. The second-order valence-electron chi connectivity index (χ2n) is 4.46. The standard InChI is InChI=1S/C14H18N4/c1-9-5-6-16-13(7-9)14-17-8-12(10(2)15-4)11(3)18-14/h5-8,10,15H,1-4H3. The Bertz CT molecular complexity index is 551. The Labute approximate surface area is 108 Å². The molecule has 1 unspecified atom stereocenters. The van der Waals surface area contributed by atoms with Crippen LogP contribution in [-0.2, 0) is 0 Å². The topological polar surface area (TPSA) is 50.7 Å². The van der Waals surface area contributed by atoms with Gasteiger partial charge in [-0.1, -0.05) is 0 Å². The van der Waals surface area contributed by atoms with E-state index in [9.17, 15) is 0 Å². The van der Waals surface area contributed by atoms with Gasteiger partial charge in [-0.25, -0.2) is 9.97 Å². The van der Waals surface area contributed by atoms with Crippen LogP contribution in [0.3, 0.4) is 0 Å². The third-order valence-electron chi connectivity index (χ3n) is 3.06. The first kappa shape index (κ1) is 12.6. The number of hydrogen-bond donors (Lipinski definition) is 1. The van der Waals surface area contributed by atoms with Gasteiger partial charge in [-0.05, 0) is 45.5 Å². The number of hydrogen-bond acceptors (Lipinski definition) is 4. The molecule has 0 aliphatic carbocycles. The molecule has 0 aliphatic heterocycles. The minimum absolute atomic E-state index is 0.254. The first-order valence-electron chi connectivity index (χ1n) is 6.05. The van der Waals surface area contributed by atoms with Crippen molar-refractivity contribution < 1.29 is 0 Å². The van der Waals surface area contributed by atoms with Crippen LogP contribution in [0.25, 0.3) is 11.5 Å². The molecule has 1 N–H and O–H groups in total. The zero-order valence-electron chi connectivity index (χ0n) is 11.2. The number of nitrogens with zero attached hydrogens (tertiary/aromatic N) is 3. The maximum absolute atomic E-state index is 4.54. The number of rotatable bonds is 3. The van der Waals surface area contributed by atoms with E-state index in [2.05, 4.69) is 27.2 Å². The van der Waals surface area contributed by atoms with Crippen molar-refractivity contribution in [3.63, 3.8) is 0 Å². The quantitative estimate of drug-likeness (QED) is 0.898. The van der Waals surface area contributed by atoms with Crippen molar-refractivity contribution in [1.82, 2.24) is 20.3 Å². The molecule has 4 heteroatoms. The largest absolute Gasteiger partial charge is 0.313 e. The lowest BCUT2D eigenvalue weighted by Gasteiger charge is -2.13. The molecule has 94 valence electrons. The SMILES string of the molecule is CNC(C)c1cnc(-c2cc(C)ccn2)nc1C. The minimum atomic E-state index is 0.254. The summed E-state index contributed by atoms with van der Waals surface area (Å²) in [5.41, 5.74) is 4.09. The highest BCUT2D eigenvalue weighted by atomic mass is 14.9. The zero-order chi connectivity index (χ0) is 13.1. The van der Waals surface area contributed by atoms with Gasteiger partial charge in [0.05, 0.1) is 0 Å². The Morgan fingerprint density at radius 1 is 1.22 bits per heavy atom. The van der Waals surface area contributed by atoms with Crippen LogP contribution < -0.4 is 5.32 Å². The first-order chi connectivity index (χ1) is 8.61. The van der Waals surface area contributed by atoms with Gasteiger partial charge in [-0.3, -0.25) is 4.98 Å². The Morgan fingerprint density at radius 3 is 2.61 bits per heavy atom. The fourth-order valence-corrected chi connectivity index (χ4v) is 1.84. The van der Waals surface area contributed by atoms with Gasteiger partial charge in [0.2, 0.25) is 0 Å². The zero-order valence-corrected chi connectivity index (χ0v) is 11.2. The van der Waals surface area contributed by atoms with E-state index in [0.717, 1.165) is 22.5 Å². The normalized spacial score (nSPS) is 12.4. The van der Waals surface area contributed by atoms with Gasteiger partial charge in [0.15, 0.2) is 5.82 Å². The number of nitrogens with one attached hydrogen (secondary N) is 1. The Balaban J connectivity index is 2.40. The minimum Gasteiger partial charge on any atom is -0.313 e. The summed E-state index contributed by atoms with van der Waals surface area (Å²) in [6, 6.07) is 4.22. The number of aromatic nitrogens is 3.